The van der Waals surface area contributed by atoms with Gasteiger partial charge in [-0.3, -0.25) is 4.79 Å². The average Bonchev–Trinajstić information content (AvgIpc) is 2.84. The largest absolute Gasteiger partial charge is 0.466 e. The zero-order valence-corrected chi connectivity index (χ0v) is 17.4. The van der Waals surface area contributed by atoms with E-state index in [0.29, 0.717) is 13.0 Å². The quantitative estimate of drug-likeness (QED) is 0.604. The molecule has 1 N–H and O–H groups in total. The lowest BCUT2D eigenvalue weighted by atomic mass is 9.62. The van der Waals surface area contributed by atoms with Crippen molar-refractivity contribution < 1.29 is 23.8 Å². The first-order valence-corrected chi connectivity index (χ1v) is 11.9. The van der Waals surface area contributed by atoms with Crippen LogP contribution >= 0.6 is 0 Å². The molecule has 2 aliphatic heterocycles. The normalized spacial score (nSPS) is 35.3. The van der Waals surface area contributed by atoms with E-state index >= 15 is 0 Å². The third kappa shape index (κ3) is 2.95. The summed E-state index contributed by atoms with van der Waals surface area (Å²) in [7, 11) is -2.02. The van der Waals surface area contributed by atoms with Crippen LogP contribution in [0.3, 0.4) is 0 Å². The summed E-state index contributed by atoms with van der Waals surface area (Å²) in [6, 6.07) is 0. The van der Waals surface area contributed by atoms with Crippen molar-refractivity contribution >= 4 is 14.3 Å². The topological polar surface area (TPSA) is 65.0 Å². The van der Waals surface area contributed by atoms with E-state index in [-0.39, 0.29) is 29.1 Å². The first-order valence-electron chi connectivity index (χ1n) is 8.96. The van der Waals surface area contributed by atoms with Crippen molar-refractivity contribution in [3.8, 4) is 0 Å². The summed E-state index contributed by atoms with van der Waals surface area (Å²) in [5.74, 6) is -0.800. The Hall–Kier alpha value is -0.433. The molecule has 0 aromatic heterocycles. The van der Waals surface area contributed by atoms with Gasteiger partial charge in [0.1, 0.15) is 5.60 Å². The van der Waals surface area contributed by atoms with Gasteiger partial charge in [0.25, 0.3) is 0 Å². The van der Waals surface area contributed by atoms with E-state index in [4.69, 9.17) is 13.9 Å². The minimum atomic E-state index is -2.02. The number of hydrogen-bond donors (Lipinski definition) is 1. The van der Waals surface area contributed by atoms with Gasteiger partial charge in [0.05, 0.1) is 31.3 Å². The number of hydrogen-bond acceptors (Lipinski definition) is 5. The van der Waals surface area contributed by atoms with E-state index in [1.165, 1.54) is 0 Å². The Kier molecular flexibility index (Phi) is 5.03. The summed E-state index contributed by atoms with van der Waals surface area (Å²) in [6.45, 7) is 17.3. The van der Waals surface area contributed by atoms with E-state index < -0.39 is 25.9 Å². The summed E-state index contributed by atoms with van der Waals surface area (Å²) in [6.07, 6.45) is -0.302. The highest BCUT2D eigenvalue weighted by molar-refractivity contribution is 6.74. The molecule has 2 aliphatic rings. The molecule has 0 aromatic carbocycles. The highest BCUT2D eigenvalue weighted by atomic mass is 28.4. The van der Waals surface area contributed by atoms with E-state index in [1.54, 1.807) is 6.92 Å². The van der Waals surface area contributed by atoms with E-state index in [2.05, 4.69) is 33.9 Å². The van der Waals surface area contributed by atoms with Gasteiger partial charge in [-0.2, -0.15) is 0 Å². The summed E-state index contributed by atoms with van der Waals surface area (Å²) in [5.41, 5.74) is -1.36. The predicted octanol–water partition coefficient (Wildman–Crippen LogP) is 3.12. The van der Waals surface area contributed by atoms with Crippen molar-refractivity contribution in [1.82, 2.24) is 0 Å². The summed E-state index contributed by atoms with van der Waals surface area (Å²) in [5, 5.41) is 10.7. The lowest BCUT2D eigenvalue weighted by Crippen LogP contribution is -2.59. The highest BCUT2D eigenvalue weighted by Gasteiger charge is 2.71. The lowest BCUT2D eigenvalue weighted by molar-refractivity contribution is -0.166. The Bertz CT molecular complexity index is 496. The second-order valence-corrected chi connectivity index (χ2v) is 14.2. The second-order valence-electron chi connectivity index (χ2n) is 9.37. The van der Waals surface area contributed by atoms with Crippen LogP contribution in [-0.4, -0.2) is 50.4 Å². The number of carbonyl (C=O) groups is 1. The van der Waals surface area contributed by atoms with E-state index in [1.807, 2.05) is 13.8 Å². The number of aliphatic hydroxyl groups is 1. The SMILES string of the molecule is CCOC(=O)[C@H]1C(C)(C)[C@@H]2C[C@@H](O)[C@@]1(CO[Si](C)(C)C(C)(C)C)O2. The van der Waals surface area contributed by atoms with Crippen molar-refractivity contribution in [2.24, 2.45) is 11.3 Å². The van der Waals surface area contributed by atoms with Crippen LogP contribution in [0, 0.1) is 11.3 Å². The maximum atomic E-state index is 12.7. The van der Waals surface area contributed by atoms with Crippen molar-refractivity contribution in [2.75, 3.05) is 13.2 Å². The van der Waals surface area contributed by atoms with Crippen LogP contribution in [-0.2, 0) is 18.7 Å². The number of rotatable bonds is 5. The molecule has 0 radical (unpaired) electrons. The van der Waals surface area contributed by atoms with Crippen LogP contribution in [0.4, 0.5) is 0 Å². The molecule has 2 heterocycles. The zero-order valence-electron chi connectivity index (χ0n) is 16.4. The van der Waals surface area contributed by atoms with Crippen molar-refractivity contribution in [3.05, 3.63) is 0 Å². The molecule has 2 saturated heterocycles. The van der Waals surface area contributed by atoms with Crippen molar-refractivity contribution in [2.45, 2.75) is 83.9 Å². The predicted molar refractivity (Wildman–Crippen MR) is 95.3 cm³/mol. The molecular weight excluding hydrogens is 324 g/mol. The van der Waals surface area contributed by atoms with Gasteiger partial charge in [0.2, 0.25) is 0 Å². The number of esters is 1. The van der Waals surface area contributed by atoms with Crippen LogP contribution in [0.2, 0.25) is 18.1 Å². The Labute approximate surface area is 147 Å². The first-order chi connectivity index (χ1) is 10.8. The molecule has 6 heteroatoms. The Morgan fingerprint density at radius 2 is 1.92 bits per heavy atom. The fourth-order valence-electron chi connectivity index (χ4n) is 3.78. The lowest BCUT2D eigenvalue weighted by Gasteiger charge is -2.44. The molecule has 5 nitrogen and oxygen atoms in total. The van der Waals surface area contributed by atoms with Gasteiger partial charge in [0, 0.05) is 11.8 Å². The fraction of sp³-hybridized carbons (Fsp3) is 0.944. The van der Waals surface area contributed by atoms with Crippen LogP contribution in [0.1, 0.15) is 48.0 Å². The number of carbonyl (C=O) groups excluding carboxylic acids is 1. The van der Waals surface area contributed by atoms with Gasteiger partial charge in [-0.1, -0.05) is 34.6 Å². The Balaban J connectivity index is 2.31. The summed E-state index contributed by atoms with van der Waals surface area (Å²) >= 11 is 0. The summed E-state index contributed by atoms with van der Waals surface area (Å²) in [4.78, 5) is 12.7. The molecular formula is C18H34O5Si. The molecule has 4 atom stereocenters. The zero-order chi connectivity index (χ0) is 18.6. The van der Waals surface area contributed by atoms with Crippen LogP contribution in [0.15, 0.2) is 0 Å². The first kappa shape index (κ1) is 19.9. The van der Waals surface area contributed by atoms with Crippen molar-refractivity contribution in [1.29, 1.82) is 0 Å². The smallest absolute Gasteiger partial charge is 0.312 e. The Morgan fingerprint density at radius 1 is 1.33 bits per heavy atom. The van der Waals surface area contributed by atoms with Gasteiger partial charge in [0.15, 0.2) is 8.32 Å². The van der Waals surface area contributed by atoms with E-state index in [9.17, 15) is 9.90 Å². The molecule has 0 spiro atoms. The third-order valence-corrected chi connectivity index (χ3v) is 10.9. The fourth-order valence-corrected chi connectivity index (χ4v) is 4.80. The molecule has 2 rings (SSSR count). The van der Waals surface area contributed by atoms with Crippen molar-refractivity contribution in [3.63, 3.8) is 0 Å². The molecule has 0 unspecified atom stereocenters. The molecule has 2 bridgehead atoms. The maximum absolute atomic E-state index is 12.7. The van der Waals surface area contributed by atoms with Crippen LogP contribution in [0.5, 0.6) is 0 Å². The second kappa shape index (κ2) is 6.08. The van der Waals surface area contributed by atoms with Gasteiger partial charge in [-0.15, -0.1) is 0 Å². The van der Waals surface area contributed by atoms with Gasteiger partial charge in [-0.25, -0.2) is 0 Å². The van der Waals surface area contributed by atoms with Gasteiger partial charge in [-0.05, 0) is 25.1 Å². The molecule has 0 aromatic rings. The maximum Gasteiger partial charge on any atom is 0.312 e. The van der Waals surface area contributed by atoms with Crippen LogP contribution in [0.25, 0.3) is 0 Å². The molecule has 0 aliphatic carbocycles. The number of fused-ring (bicyclic) bond motifs is 2. The summed E-state index contributed by atoms with van der Waals surface area (Å²) < 4.78 is 17.9. The Morgan fingerprint density at radius 3 is 2.42 bits per heavy atom. The van der Waals surface area contributed by atoms with Gasteiger partial charge < -0.3 is 19.0 Å². The van der Waals surface area contributed by atoms with E-state index in [0.717, 1.165) is 0 Å². The minimum absolute atomic E-state index is 0.0557. The van der Waals surface area contributed by atoms with Crippen LogP contribution < -0.4 is 0 Å². The molecule has 140 valence electrons. The minimum Gasteiger partial charge on any atom is -0.466 e. The third-order valence-electron chi connectivity index (χ3n) is 6.41. The number of ether oxygens (including phenoxy) is 2. The molecule has 0 saturated carbocycles. The monoisotopic (exact) mass is 358 g/mol. The van der Waals surface area contributed by atoms with Gasteiger partial charge >= 0.3 is 5.97 Å². The highest BCUT2D eigenvalue weighted by Crippen LogP contribution is 2.58. The standard InChI is InChI=1S/C18H34O5Si/c1-9-21-15(20)14-17(5,6)13-10-12(19)18(14,23-13)11-22-24(7,8)16(2,3)4/h12-14,19H,9-11H2,1-8H3/t12-,13+,14+,18-/m1/s1. The molecule has 0 amide bonds. The number of aliphatic hydroxyl groups excluding tert-OH is 1. The molecule has 24 heavy (non-hydrogen) atoms. The average molecular weight is 359 g/mol. The molecule has 2 fully saturated rings.